The van der Waals surface area contributed by atoms with Crippen molar-refractivity contribution in [1.82, 2.24) is 10.3 Å². The molecular formula is C19H22N2O3. The van der Waals surface area contributed by atoms with E-state index in [4.69, 9.17) is 0 Å². The van der Waals surface area contributed by atoms with Crippen LogP contribution in [-0.4, -0.2) is 34.4 Å². The summed E-state index contributed by atoms with van der Waals surface area (Å²) >= 11 is 0. The molecule has 0 spiro atoms. The lowest BCUT2D eigenvalue weighted by atomic mass is 9.85. The van der Waals surface area contributed by atoms with Crippen LogP contribution in [-0.2, 0) is 0 Å². The molecular weight excluding hydrogens is 304 g/mol. The Labute approximate surface area is 141 Å². The number of carbonyl (C=O) groups is 2. The molecule has 1 amide bonds. The van der Waals surface area contributed by atoms with Gasteiger partial charge in [0, 0.05) is 47.7 Å². The van der Waals surface area contributed by atoms with Crippen molar-refractivity contribution in [3.8, 4) is 0 Å². The van der Waals surface area contributed by atoms with Gasteiger partial charge in [-0.2, -0.15) is 0 Å². The number of amides is 1. The lowest BCUT2D eigenvalue weighted by molar-refractivity contribution is 0.0871. The molecule has 0 saturated heterocycles. The molecule has 0 aliphatic heterocycles. The number of aromatic amines is 1. The van der Waals surface area contributed by atoms with Gasteiger partial charge in [-0.3, -0.25) is 9.59 Å². The quantitative estimate of drug-likeness (QED) is 0.738. The molecule has 1 saturated carbocycles. The molecule has 5 heteroatoms. The highest BCUT2D eigenvalue weighted by atomic mass is 16.3. The number of aromatic nitrogens is 1. The minimum absolute atomic E-state index is 0.0254. The average molecular weight is 326 g/mol. The number of carbonyl (C=O) groups excluding carboxylic acids is 2. The van der Waals surface area contributed by atoms with Crippen molar-refractivity contribution in [3.05, 3.63) is 59.4 Å². The van der Waals surface area contributed by atoms with Crippen molar-refractivity contribution in [2.24, 2.45) is 5.92 Å². The van der Waals surface area contributed by atoms with Crippen LogP contribution < -0.4 is 5.32 Å². The van der Waals surface area contributed by atoms with Crippen LogP contribution >= 0.6 is 0 Å². The van der Waals surface area contributed by atoms with Gasteiger partial charge >= 0.3 is 0 Å². The Bertz CT molecular complexity index is 692. The van der Waals surface area contributed by atoms with Gasteiger partial charge in [-0.05, 0) is 31.0 Å². The number of aliphatic hydroxyl groups excluding tert-OH is 1. The highest BCUT2D eigenvalue weighted by Crippen LogP contribution is 2.24. The predicted octanol–water partition coefficient (Wildman–Crippen LogP) is 2.53. The first-order chi connectivity index (χ1) is 11.7. The van der Waals surface area contributed by atoms with E-state index in [-0.39, 0.29) is 30.3 Å². The van der Waals surface area contributed by atoms with Crippen molar-refractivity contribution >= 4 is 11.7 Å². The molecule has 24 heavy (non-hydrogen) atoms. The van der Waals surface area contributed by atoms with Gasteiger partial charge in [-0.15, -0.1) is 0 Å². The molecule has 5 nitrogen and oxygen atoms in total. The Hall–Kier alpha value is -2.40. The number of hydrogen-bond acceptors (Lipinski definition) is 3. The van der Waals surface area contributed by atoms with Crippen molar-refractivity contribution in [1.29, 1.82) is 0 Å². The fourth-order valence-electron chi connectivity index (χ4n) is 3.27. The number of H-pyrrole nitrogens is 1. The zero-order valence-electron chi connectivity index (χ0n) is 13.5. The van der Waals surface area contributed by atoms with Crippen LogP contribution in [0.4, 0.5) is 0 Å². The van der Waals surface area contributed by atoms with Gasteiger partial charge in [-0.1, -0.05) is 25.0 Å². The second-order valence-electron chi connectivity index (χ2n) is 6.31. The zero-order chi connectivity index (χ0) is 16.9. The van der Waals surface area contributed by atoms with Gasteiger partial charge in [0.1, 0.15) is 0 Å². The van der Waals surface area contributed by atoms with Gasteiger partial charge in [0.25, 0.3) is 5.91 Å². The van der Waals surface area contributed by atoms with Crippen LogP contribution in [0.1, 0.15) is 52.0 Å². The molecule has 3 N–H and O–H groups in total. The largest absolute Gasteiger partial charge is 0.396 e. The smallest absolute Gasteiger partial charge is 0.251 e. The number of aliphatic hydroxyl groups is 1. The fraction of sp³-hybridized carbons (Fsp3) is 0.368. The Morgan fingerprint density at radius 3 is 2.42 bits per heavy atom. The lowest BCUT2D eigenvalue weighted by Crippen LogP contribution is -2.43. The van der Waals surface area contributed by atoms with E-state index >= 15 is 0 Å². The maximum Gasteiger partial charge on any atom is 0.251 e. The van der Waals surface area contributed by atoms with Crippen molar-refractivity contribution in [3.63, 3.8) is 0 Å². The summed E-state index contributed by atoms with van der Waals surface area (Å²) in [6, 6.07) is 8.44. The van der Waals surface area contributed by atoms with E-state index in [1.165, 1.54) is 0 Å². The number of ketones is 1. The van der Waals surface area contributed by atoms with Crippen LogP contribution in [0.2, 0.25) is 0 Å². The summed E-state index contributed by atoms with van der Waals surface area (Å²) in [5.74, 6) is -0.0889. The molecule has 2 unspecified atom stereocenters. The van der Waals surface area contributed by atoms with Crippen LogP contribution in [0.15, 0.2) is 42.7 Å². The molecule has 3 rings (SSSR count). The summed E-state index contributed by atoms with van der Waals surface area (Å²) in [6.45, 7) is 0.106. The molecule has 1 heterocycles. The number of benzene rings is 1. The summed E-state index contributed by atoms with van der Waals surface area (Å²) < 4.78 is 0. The first-order valence-electron chi connectivity index (χ1n) is 8.38. The Kier molecular flexibility index (Phi) is 5.11. The van der Waals surface area contributed by atoms with Gasteiger partial charge in [0.2, 0.25) is 0 Å². The maximum absolute atomic E-state index is 12.4. The van der Waals surface area contributed by atoms with E-state index in [9.17, 15) is 14.7 Å². The van der Waals surface area contributed by atoms with Crippen LogP contribution in [0.5, 0.6) is 0 Å². The van der Waals surface area contributed by atoms with E-state index in [1.54, 1.807) is 42.7 Å². The normalized spacial score (nSPS) is 20.5. The highest BCUT2D eigenvalue weighted by molar-refractivity contribution is 6.09. The van der Waals surface area contributed by atoms with E-state index in [0.29, 0.717) is 16.7 Å². The van der Waals surface area contributed by atoms with Crippen molar-refractivity contribution in [2.45, 2.75) is 31.7 Å². The Balaban J connectivity index is 1.66. The monoisotopic (exact) mass is 326 g/mol. The first-order valence-corrected chi connectivity index (χ1v) is 8.38. The second kappa shape index (κ2) is 7.45. The van der Waals surface area contributed by atoms with Gasteiger partial charge in [0.15, 0.2) is 5.78 Å². The van der Waals surface area contributed by atoms with Crippen molar-refractivity contribution in [2.75, 3.05) is 6.61 Å². The summed E-state index contributed by atoms with van der Waals surface area (Å²) in [6.07, 6.45) is 7.39. The van der Waals surface area contributed by atoms with E-state index in [0.717, 1.165) is 25.7 Å². The molecule has 1 aliphatic rings. The molecule has 2 atom stereocenters. The van der Waals surface area contributed by atoms with Crippen LogP contribution in [0.25, 0.3) is 0 Å². The topological polar surface area (TPSA) is 82.2 Å². The van der Waals surface area contributed by atoms with Crippen LogP contribution in [0.3, 0.4) is 0 Å². The third-order valence-corrected chi connectivity index (χ3v) is 4.73. The molecule has 1 aliphatic carbocycles. The maximum atomic E-state index is 12.4. The first kappa shape index (κ1) is 16.5. The number of hydrogen-bond donors (Lipinski definition) is 3. The lowest BCUT2D eigenvalue weighted by Gasteiger charge is -2.30. The molecule has 1 fully saturated rings. The summed E-state index contributed by atoms with van der Waals surface area (Å²) in [7, 11) is 0. The summed E-state index contributed by atoms with van der Waals surface area (Å²) in [5, 5.41) is 12.5. The van der Waals surface area contributed by atoms with E-state index in [1.807, 2.05) is 0 Å². The SMILES string of the molecule is O=C(NC1CCCCC1CO)c1ccc(C(=O)c2cc[nH]c2)cc1. The molecule has 1 aromatic carbocycles. The van der Waals surface area contributed by atoms with E-state index < -0.39 is 0 Å². The summed E-state index contributed by atoms with van der Waals surface area (Å²) in [4.78, 5) is 27.5. The summed E-state index contributed by atoms with van der Waals surface area (Å²) in [5.41, 5.74) is 1.68. The molecule has 1 aromatic heterocycles. The minimum Gasteiger partial charge on any atom is -0.396 e. The average Bonchev–Trinajstić information content (AvgIpc) is 3.16. The van der Waals surface area contributed by atoms with Gasteiger partial charge in [-0.25, -0.2) is 0 Å². The van der Waals surface area contributed by atoms with Crippen molar-refractivity contribution < 1.29 is 14.7 Å². The molecule has 2 aromatic rings. The Morgan fingerprint density at radius 2 is 1.75 bits per heavy atom. The number of nitrogens with one attached hydrogen (secondary N) is 2. The fourth-order valence-corrected chi connectivity index (χ4v) is 3.27. The zero-order valence-corrected chi connectivity index (χ0v) is 13.5. The Morgan fingerprint density at radius 1 is 1.04 bits per heavy atom. The van der Waals surface area contributed by atoms with Gasteiger partial charge < -0.3 is 15.4 Å². The third kappa shape index (κ3) is 3.57. The highest BCUT2D eigenvalue weighted by Gasteiger charge is 2.26. The third-order valence-electron chi connectivity index (χ3n) is 4.73. The molecule has 126 valence electrons. The predicted molar refractivity (Wildman–Crippen MR) is 91.0 cm³/mol. The number of rotatable bonds is 5. The second-order valence-corrected chi connectivity index (χ2v) is 6.31. The van der Waals surface area contributed by atoms with E-state index in [2.05, 4.69) is 10.3 Å². The van der Waals surface area contributed by atoms with Gasteiger partial charge in [0.05, 0.1) is 0 Å². The standard InChI is InChI=1S/C19H22N2O3/c22-12-16-3-1-2-4-17(16)21-19(24)14-7-5-13(6-8-14)18(23)15-9-10-20-11-15/h5-11,16-17,20,22H,1-4,12H2,(H,21,24). The minimum atomic E-state index is -0.152. The molecule has 0 radical (unpaired) electrons. The van der Waals surface area contributed by atoms with Crippen LogP contribution in [0, 0.1) is 5.92 Å². The molecule has 0 bridgehead atoms.